The van der Waals surface area contributed by atoms with Crippen molar-refractivity contribution in [1.29, 1.82) is 0 Å². The van der Waals surface area contributed by atoms with Gasteiger partial charge >= 0.3 is 0 Å². The van der Waals surface area contributed by atoms with Gasteiger partial charge in [-0.25, -0.2) is 4.98 Å². The Balaban J connectivity index is 1.86. The highest BCUT2D eigenvalue weighted by Gasteiger charge is 2.08. The molecule has 0 amide bonds. The first-order valence-corrected chi connectivity index (χ1v) is 6.86. The molecule has 2 aromatic carbocycles. The van der Waals surface area contributed by atoms with Crippen LogP contribution in [0, 0.1) is 13.8 Å². The molecule has 0 fully saturated rings. The van der Waals surface area contributed by atoms with E-state index in [4.69, 9.17) is 4.98 Å². The van der Waals surface area contributed by atoms with Gasteiger partial charge in [-0.15, -0.1) is 0 Å². The van der Waals surface area contributed by atoms with Gasteiger partial charge in [0.15, 0.2) is 0 Å². The zero-order valence-corrected chi connectivity index (χ0v) is 12.1. The maximum atomic E-state index is 4.71. The number of imidazole rings is 1. The van der Waals surface area contributed by atoms with Crippen molar-refractivity contribution in [3.63, 3.8) is 0 Å². The maximum absolute atomic E-state index is 4.71. The lowest BCUT2D eigenvalue weighted by Crippen LogP contribution is -2.06. The number of rotatable bonds is 3. The number of aromatic nitrogens is 2. The van der Waals surface area contributed by atoms with Gasteiger partial charge in [-0.05, 0) is 37.6 Å². The Hall–Kier alpha value is -2.29. The SMILES string of the molecule is Cc1ccc(NCc2nc3cccc(C)c3n2C)cc1. The minimum atomic E-state index is 0.730. The Kier molecular flexibility index (Phi) is 3.18. The smallest absolute Gasteiger partial charge is 0.129 e. The van der Waals surface area contributed by atoms with Crippen LogP contribution in [0.4, 0.5) is 5.69 Å². The lowest BCUT2D eigenvalue weighted by Gasteiger charge is -2.07. The number of fused-ring (bicyclic) bond motifs is 1. The van der Waals surface area contributed by atoms with E-state index in [2.05, 4.69) is 73.2 Å². The molecule has 1 N–H and O–H groups in total. The molecule has 0 spiro atoms. The van der Waals surface area contributed by atoms with Crippen molar-refractivity contribution in [2.75, 3.05) is 5.32 Å². The van der Waals surface area contributed by atoms with Crippen LogP contribution in [-0.4, -0.2) is 9.55 Å². The van der Waals surface area contributed by atoms with Crippen molar-refractivity contribution in [2.24, 2.45) is 7.05 Å². The first kappa shape index (κ1) is 12.7. The van der Waals surface area contributed by atoms with E-state index in [-0.39, 0.29) is 0 Å². The molecule has 0 aliphatic heterocycles. The van der Waals surface area contributed by atoms with Crippen LogP contribution in [0.3, 0.4) is 0 Å². The Morgan fingerprint density at radius 1 is 1.05 bits per heavy atom. The van der Waals surface area contributed by atoms with Gasteiger partial charge in [0.25, 0.3) is 0 Å². The van der Waals surface area contributed by atoms with E-state index in [0.29, 0.717) is 0 Å². The molecule has 3 aromatic rings. The molecule has 20 heavy (non-hydrogen) atoms. The number of nitrogens with one attached hydrogen (secondary N) is 1. The van der Waals surface area contributed by atoms with E-state index in [1.54, 1.807) is 0 Å². The third-order valence-electron chi connectivity index (χ3n) is 3.69. The Bertz CT molecular complexity index is 739. The van der Waals surface area contributed by atoms with Gasteiger partial charge in [-0.2, -0.15) is 0 Å². The normalized spacial score (nSPS) is 10.9. The predicted molar refractivity (Wildman–Crippen MR) is 84.0 cm³/mol. The van der Waals surface area contributed by atoms with Crippen LogP contribution in [0.15, 0.2) is 42.5 Å². The highest BCUT2D eigenvalue weighted by molar-refractivity contribution is 5.79. The highest BCUT2D eigenvalue weighted by atomic mass is 15.1. The van der Waals surface area contributed by atoms with Crippen LogP contribution in [0.5, 0.6) is 0 Å². The van der Waals surface area contributed by atoms with Crippen molar-refractivity contribution in [1.82, 2.24) is 9.55 Å². The van der Waals surface area contributed by atoms with Crippen LogP contribution in [0.1, 0.15) is 17.0 Å². The average molecular weight is 265 g/mol. The Morgan fingerprint density at radius 2 is 1.80 bits per heavy atom. The number of anilines is 1. The van der Waals surface area contributed by atoms with E-state index in [0.717, 1.165) is 23.6 Å². The van der Waals surface area contributed by atoms with E-state index in [9.17, 15) is 0 Å². The number of nitrogens with zero attached hydrogens (tertiary/aromatic N) is 2. The summed E-state index contributed by atoms with van der Waals surface area (Å²) in [6.07, 6.45) is 0. The fraction of sp³-hybridized carbons (Fsp3) is 0.235. The summed E-state index contributed by atoms with van der Waals surface area (Å²) >= 11 is 0. The molecule has 0 bridgehead atoms. The van der Waals surface area contributed by atoms with Gasteiger partial charge < -0.3 is 9.88 Å². The van der Waals surface area contributed by atoms with Crippen molar-refractivity contribution in [3.05, 3.63) is 59.4 Å². The molecule has 3 heteroatoms. The van der Waals surface area contributed by atoms with Crippen LogP contribution < -0.4 is 5.32 Å². The number of para-hydroxylation sites is 1. The summed E-state index contributed by atoms with van der Waals surface area (Å²) < 4.78 is 2.17. The molecule has 0 saturated carbocycles. The molecule has 1 heterocycles. The lowest BCUT2D eigenvalue weighted by molar-refractivity contribution is 0.833. The molecule has 0 aliphatic carbocycles. The summed E-state index contributed by atoms with van der Waals surface area (Å²) in [5.41, 5.74) is 5.94. The van der Waals surface area contributed by atoms with Crippen molar-refractivity contribution >= 4 is 16.7 Å². The fourth-order valence-electron chi connectivity index (χ4n) is 2.52. The average Bonchev–Trinajstić information content (AvgIpc) is 2.76. The van der Waals surface area contributed by atoms with Crippen LogP contribution in [0.2, 0.25) is 0 Å². The van der Waals surface area contributed by atoms with Crippen molar-refractivity contribution in [3.8, 4) is 0 Å². The molecule has 0 radical (unpaired) electrons. The quantitative estimate of drug-likeness (QED) is 0.780. The zero-order chi connectivity index (χ0) is 14.1. The van der Waals surface area contributed by atoms with Gasteiger partial charge in [0.05, 0.1) is 17.6 Å². The summed E-state index contributed by atoms with van der Waals surface area (Å²) in [5, 5.41) is 3.43. The summed E-state index contributed by atoms with van der Waals surface area (Å²) in [4.78, 5) is 4.71. The number of hydrogen-bond donors (Lipinski definition) is 1. The van der Waals surface area contributed by atoms with Gasteiger partial charge in [0.1, 0.15) is 5.82 Å². The molecule has 3 nitrogen and oxygen atoms in total. The number of hydrogen-bond acceptors (Lipinski definition) is 2. The highest BCUT2D eigenvalue weighted by Crippen LogP contribution is 2.19. The molecule has 1 aromatic heterocycles. The summed E-state index contributed by atoms with van der Waals surface area (Å²) in [6, 6.07) is 14.7. The largest absolute Gasteiger partial charge is 0.378 e. The fourth-order valence-corrected chi connectivity index (χ4v) is 2.52. The van der Waals surface area contributed by atoms with E-state index < -0.39 is 0 Å². The Morgan fingerprint density at radius 3 is 2.50 bits per heavy atom. The second kappa shape index (κ2) is 5.00. The number of aryl methyl sites for hydroxylation is 3. The molecular weight excluding hydrogens is 246 g/mol. The lowest BCUT2D eigenvalue weighted by atomic mass is 10.2. The molecule has 0 saturated heterocycles. The molecule has 0 unspecified atom stereocenters. The van der Waals surface area contributed by atoms with Crippen LogP contribution >= 0.6 is 0 Å². The van der Waals surface area contributed by atoms with Crippen molar-refractivity contribution < 1.29 is 0 Å². The monoisotopic (exact) mass is 265 g/mol. The third-order valence-corrected chi connectivity index (χ3v) is 3.69. The first-order chi connectivity index (χ1) is 9.65. The molecular formula is C17H19N3. The summed E-state index contributed by atoms with van der Waals surface area (Å²) in [7, 11) is 2.08. The number of benzene rings is 2. The molecule has 0 aliphatic rings. The summed E-state index contributed by atoms with van der Waals surface area (Å²) in [5.74, 6) is 1.05. The third kappa shape index (κ3) is 2.27. The topological polar surface area (TPSA) is 29.9 Å². The van der Waals surface area contributed by atoms with E-state index in [1.165, 1.54) is 16.6 Å². The molecule has 102 valence electrons. The van der Waals surface area contributed by atoms with Crippen LogP contribution in [0.25, 0.3) is 11.0 Å². The van der Waals surface area contributed by atoms with Gasteiger partial charge in [-0.3, -0.25) is 0 Å². The first-order valence-electron chi connectivity index (χ1n) is 6.86. The van der Waals surface area contributed by atoms with Crippen molar-refractivity contribution in [2.45, 2.75) is 20.4 Å². The van der Waals surface area contributed by atoms with Gasteiger partial charge in [0, 0.05) is 12.7 Å². The Labute approximate surface area is 119 Å². The minimum absolute atomic E-state index is 0.730. The minimum Gasteiger partial charge on any atom is -0.378 e. The van der Waals surface area contributed by atoms with Gasteiger partial charge in [0.2, 0.25) is 0 Å². The summed E-state index contributed by atoms with van der Waals surface area (Å²) in [6.45, 7) is 4.95. The zero-order valence-electron chi connectivity index (χ0n) is 12.1. The second-order valence-corrected chi connectivity index (χ2v) is 5.25. The predicted octanol–water partition coefficient (Wildman–Crippen LogP) is 3.80. The standard InChI is InChI=1S/C17H19N3/c1-12-7-9-14(10-8-12)18-11-16-19-15-6-4-5-13(2)17(15)20(16)3/h4-10,18H,11H2,1-3H3. The van der Waals surface area contributed by atoms with Crippen LogP contribution in [-0.2, 0) is 13.6 Å². The maximum Gasteiger partial charge on any atom is 0.129 e. The van der Waals surface area contributed by atoms with E-state index in [1.807, 2.05) is 0 Å². The van der Waals surface area contributed by atoms with E-state index >= 15 is 0 Å². The second-order valence-electron chi connectivity index (χ2n) is 5.25. The molecule has 0 atom stereocenters. The van der Waals surface area contributed by atoms with Gasteiger partial charge in [-0.1, -0.05) is 29.8 Å². The molecule has 3 rings (SSSR count).